The van der Waals surface area contributed by atoms with Gasteiger partial charge in [0, 0.05) is 11.1 Å². The van der Waals surface area contributed by atoms with E-state index < -0.39 is 20.0 Å². The van der Waals surface area contributed by atoms with E-state index >= 15 is 0 Å². The number of benzene rings is 1. The number of carboxylic acids is 1. The first-order valence-corrected chi connectivity index (χ1v) is 15.0. The largest absolute Gasteiger partial charge is 0.496 e. The second-order valence-corrected chi connectivity index (χ2v) is 16.8. The molecule has 0 aliphatic rings. The normalized spacial score (nSPS) is 12.5. The molecule has 7 heteroatoms. The summed E-state index contributed by atoms with van der Waals surface area (Å²) in [6.07, 6.45) is 0.236. The molecule has 0 bridgehead atoms. The Morgan fingerprint density at radius 3 is 2.03 bits per heavy atom. The molecule has 0 aliphatic carbocycles. The minimum Gasteiger partial charge on any atom is -0.496 e. The van der Waals surface area contributed by atoms with Crippen molar-refractivity contribution >= 4 is 35.8 Å². The summed E-state index contributed by atoms with van der Waals surface area (Å²) in [6.45, 7) is 17.1. The predicted molar refractivity (Wildman–Crippen MR) is 133 cm³/mol. The Balaban J connectivity index is 2.45. The van der Waals surface area contributed by atoms with Crippen molar-refractivity contribution in [2.75, 3.05) is 6.23 Å². The molecule has 2 rings (SSSR count). The minimum atomic E-state index is -1.76. The molecule has 0 fully saturated rings. The smallest absolute Gasteiger partial charge is 0.311 e. The Labute approximate surface area is 196 Å². The maximum Gasteiger partial charge on any atom is 0.311 e. The summed E-state index contributed by atoms with van der Waals surface area (Å²) < 4.78 is 13.5. The van der Waals surface area contributed by atoms with Crippen LogP contribution in [0.1, 0.15) is 65.5 Å². The van der Waals surface area contributed by atoms with Crippen LogP contribution in [0.4, 0.5) is 0 Å². The van der Waals surface area contributed by atoms with Gasteiger partial charge in [-0.3, -0.25) is 9.59 Å². The lowest BCUT2D eigenvalue weighted by Gasteiger charge is -2.30. The van der Waals surface area contributed by atoms with Gasteiger partial charge in [-0.2, -0.15) is 11.3 Å². The molecule has 1 aromatic heterocycles. The lowest BCUT2D eigenvalue weighted by atomic mass is 9.81. The Morgan fingerprint density at radius 1 is 0.969 bits per heavy atom. The number of ether oxygens (including phenoxy) is 2. The lowest BCUT2D eigenvalue weighted by Crippen LogP contribution is -2.46. The van der Waals surface area contributed by atoms with Crippen LogP contribution in [-0.2, 0) is 20.4 Å². The summed E-state index contributed by atoms with van der Waals surface area (Å²) in [5.41, 5.74) is 1.29. The van der Waals surface area contributed by atoms with E-state index in [0.717, 1.165) is 16.9 Å². The van der Waals surface area contributed by atoms with Crippen molar-refractivity contribution < 1.29 is 24.2 Å². The van der Waals surface area contributed by atoms with Gasteiger partial charge >= 0.3 is 11.9 Å². The molecule has 0 atom stereocenters. The summed E-state index contributed by atoms with van der Waals surface area (Å²) in [4.78, 5) is 23.2. The number of aliphatic carboxylic acids is 1. The Kier molecular flexibility index (Phi) is 7.99. The number of hydrogen-bond acceptors (Lipinski definition) is 5. The molecule has 1 N–H and O–H groups in total. The van der Waals surface area contributed by atoms with Gasteiger partial charge in [0.2, 0.25) is 0 Å². The number of rotatable bonds is 8. The van der Waals surface area contributed by atoms with Gasteiger partial charge in [-0.1, -0.05) is 66.8 Å². The highest BCUT2D eigenvalue weighted by Crippen LogP contribution is 2.41. The first-order chi connectivity index (χ1) is 14.6. The van der Waals surface area contributed by atoms with E-state index in [2.05, 4.69) is 72.1 Å². The van der Waals surface area contributed by atoms with E-state index in [0.29, 0.717) is 12.0 Å². The summed E-state index contributed by atoms with van der Waals surface area (Å²) in [5, 5.41) is 11.0. The number of thiophene rings is 1. The number of esters is 1. The summed E-state index contributed by atoms with van der Waals surface area (Å²) in [7, 11) is -1.76. The predicted octanol–water partition coefficient (Wildman–Crippen LogP) is 5.65. The molecule has 0 aliphatic heterocycles. The summed E-state index contributed by atoms with van der Waals surface area (Å²) in [6, 6.07) is 8.17. The lowest BCUT2D eigenvalue weighted by molar-refractivity contribution is -0.142. The van der Waals surface area contributed by atoms with Gasteiger partial charge in [0.25, 0.3) is 0 Å². The van der Waals surface area contributed by atoms with Gasteiger partial charge in [0.05, 0.1) is 19.1 Å². The summed E-state index contributed by atoms with van der Waals surface area (Å²) >= 11 is 1.78. The van der Waals surface area contributed by atoms with E-state index in [1.807, 2.05) is 12.1 Å². The van der Waals surface area contributed by atoms with Gasteiger partial charge in [0.1, 0.15) is 19.6 Å². The third-order valence-corrected chi connectivity index (χ3v) is 10.3. The van der Waals surface area contributed by atoms with Crippen LogP contribution in [0.2, 0.25) is 13.1 Å². The Morgan fingerprint density at radius 2 is 1.53 bits per heavy atom. The van der Waals surface area contributed by atoms with E-state index in [1.165, 1.54) is 4.50 Å². The molecule has 0 amide bonds. The van der Waals surface area contributed by atoms with Crippen LogP contribution >= 0.6 is 11.3 Å². The topological polar surface area (TPSA) is 72.8 Å². The molecule has 176 valence electrons. The zero-order chi connectivity index (χ0) is 24.3. The SMILES string of the molecule is CC(C)(C)c1cc(OC(=O)CCC(=O)O)c(C(C)(C)C)cc1OC[Si](C)(C)c1cccs1. The molecule has 0 saturated carbocycles. The highest BCUT2D eigenvalue weighted by molar-refractivity contribution is 7.25. The number of carbonyl (C=O) groups excluding carboxylic acids is 1. The Hall–Kier alpha value is -2.12. The van der Waals surface area contributed by atoms with Gasteiger partial charge in [-0.15, -0.1) is 0 Å². The van der Waals surface area contributed by atoms with Crippen molar-refractivity contribution in [1.82, 2.24) is 0 Å². The van der Waals surface area contributed by atoms with Gasteiger partial charge < -0.3 is 14.6 Å². The highest BCUT2D eigenvalue weighted by atomic mass is 32.1. The van der Waals surface area contributed by atoms with Gasteiger partial charge in [0.15, 0.2) is 0 Å². The molecule has 2 aromatic rings. The molecule has 1 aromatic carbocycles. The van der Waals surface area contributed by atoms with Gasteiger partial charge in [-0.05, 0) is 32.8 Å². The zero-order valence-corrected chi connectivity index (χ0v) is 22.3. The number of carboxylic acid groups (broad SMARTS) is 1. The average Bonchev–Trinajstić information content (AvgIpc) is 3.19. The van der Waals surface area contributed by atoms with Crippen LogP contribution in [0.15, 0.2) is 29.6 Å². The van der Waals surface area contributed by atoms with Crippen LogP contribution in [0.3, 0.4) is 0 Å². The summed E-state index contributed by atoms with van der Waals surface area (Å²) in [5.74, 6) is -0.280. The second kappa shape index (κ2) is 9.79. The second-order valence-electron chi connectivity index (χ2n) is 10.9. The van der Waals surface area contributed by atoms with Crippen molar-refractivity contribution in [3.05, 3.63) is 40.8 Å². The molecule has 0 radical (unpaired) electrons. The van der Waals surface area contributed by atoms with Crippen molar-refractivity contribution in [1.29, 1.82) is 0 Å². The fourth-order valence-corrected chi connectivity index (χ4v) is 6.64. The van der Waals surface area contributed by atoms with Crippen molar-refractivity contribution in [2.24, 2.45) is 0 Å². The Bertz CT molecular complexity index is 950. The van der Waals surface area contributed by atoms with Crippen LogP contribution in [-0.4, -0.2) is 31.3 Å². The molecule has 0 saturated heterocycles. The van der Waals surface area contributed by atoms with Crippen LogP contribution < -0.4 is 14.0 Å². The third-order valence-electron chi connectivity index (χ3n) is 5.24. The van der Waals surface area contributed by atoms with Crippen molar-refractivity contribution in [3.63, 3.8) is 0 Å². The molecular formula is C25H36O5SSi. The number of carbonyl (C=O) groups is 2. The fraction of sp³-hybridized carbons (Fsp3) is 0.520. The molecule has 0 unspecified atom stereocenters. The van der Waals surface area contributed by atoms with Crippen LogP contribution in [0.25, 0.3) is 0 Å². The monoisotopic (exact) mass is 476 g/mol. The molecule has 1 heterocycles. The quantitative estimate of drug-likeness (QED) is 0.303. The molecule has 5 nitrogen and oxygen atoms in total. The van der Waals surface area contributed by atoms with Gasteiger partial charge in [-0.25, -0.2) is 0 Å². The van der Waals surface area contributed by atoms with E-state index in [9.17, 15) is 9.59 Å². The average molecular weight is 477 g/mol. The molecule has 32 heavy (non-hydrogen) atoms. The van der Waals surface area contributed by atoms with E-state index in [-0.39, 0.29) is 23.7 Å². The molecular weight excluding hydrogens is 440 g/mol. The third kappa shape index (κ3) is 6.94. The highest BCUT2D eigenvalue weighted by Gasteiger charge is 2.30. The maximum atomic E-state index is 12.3. The van der Waals surface area contributed by atoms with E-state index in [1.54, 1.807) is 11.3 Å². The zero-order valence-electron chi connectivity index (χ0n) is 20.5. The fourth-order valence-electron chi connectivity index (χ4n) is 3.31. The van der Waals surface area contributed by atoms with Crippen molar-refractivity contribution in [3.8, 4) is 11.5 Å². The number of hydrogen-bond donors (Lipinski definition) is 1. The maximum absolute atomic E-state index is 12.3. The standard InChI is InChI=1S/C25H36O5SSi/c1-24(2,3)17-15-20(30-22(28)12-11-21(26)27)18(25(4,5)6)14-19(17)29-16-32(7,8)23-10-9-13-31-23/h9-10,13-15H,11-12,16H2,1-8H3,(H,26,27). The first kappa shape index (κ1) is 26.1. The minimum absolute atomic E-state index is 0.164. The van der Waals surface area contributed by atoms with Crippen LogP contribution in [0.5, 0.6) is 11.5 Å². The first-order valence-electron chi connectivity index (χ1n) is 10.9. The van der Waals surface area contributed by atoms with E-state index in [4.69, 9.17) is 14.6 Å². The van der Waals surface area contributed by atoms with Crippen LogP contribution in [0, 0.1) is 0 Å². The van der Waals surface area contributed by atoms with Crippen molar-refractivity contribution in [2.45, 2.75) is 78.3 Å². The molecule has 0 spiro atoms.